The van der Waals surface area contributed by atoms with Gasteiger partial charge in [-0.3, -0.25) is 4.79 Å². The Balaban J connectivity index is 2.21. The van der Waals surface area contributed by atoms with E-state index in [9.17, 15) is 4.79 Å². The molecule has 0 saturated heterocycles. The van der Waals surface area contributed by atoms with Gasteiger partial charge < -0.3 is 16.0 Å². The molecule has 7 heteroatoms. The molecule has 0 fully saturated rings. The van der Waals surface area contributed by atoms with Crippen LogP contribution in [0.3, 0.4) is 0 Å². The summed E-state index contributed by atoms with van der Waals surface area (Å²) < 4.78 is 4.12. The van der Waals surface area contributed by atoms with Crippen molar-refractivity contribution < 1.29 is 4.79 Å². The minimum Gasteiger partial charge on any atom is -0.382 e. The van der Waals surface area contributed by atoms with E-state index in [4.69, 9.17) is 5.73 Å². The lowest BCUT2D eigenvalue weighted by atomic mass is 10.2. The number of hydrogen-bond acceptors (Lipinski definition) is 6. The Morgan fingerprint density at radius 2 is 2.30 bits per heavy atom. The Hall–Kier alpha value is -1.60. The Labute approximate surface area is 126 Å². The summed E-state index contributed by atoms with van der Waals surface area (Å²) in [6.45, 7) is 4.58. The lowest BCUT2D eigenvalue weighted by Gasteiger charge is -2.18. The van der Waals surface area contributed by atoms with E-state index in [1.807, 2.05) is 37.2 Å². The first-order valence-corrected chi connectivity index (χ1v) is 7.94. The van der Waals surface area contributed by atoms with Crippen LogP contribution in [0.25, 0.3) is 0 Å². The molecule has 5 nitrogen and oxygen atoms in total. The fraction of sp³-hybridized carbons (Fsp3) is 0.385. The first kappa shape index (κ1) is 14.8. The number of rotatable bonds is 5. The number of anilines is 2. The largest absolute Gasteiger partial charge is 0.382 e. The number of nitrogens with one attached hydrogen (secondary N) is 1. The predicted molar refractivity (Wildman–Crippen MR) is 85.6 cm³/mol. The average molecular weight is 310 g/mol. The molecule has 20 heavy (non-hydrogen) atoms. The van der Waals surface area contributed by atoms with Crippen LogP contribution in [0.4, 0.5) is 10.8 Å². The van der Waals surface area contributed by atoms with Crippen LogP contribution in [0, 0.1) is 0 Å². The van der Waals surface area contributed by atoms with Gasteiger partial charge in [-0.15, -0.1) is 11.3 Å². The standard InChI is InChI=1S/C13H18N4OS2/c1-8(2)15-12(18)10-11(14)16-20-13(10)17(3)7-9-5-4-6-19-9/h4-6,8H,7H2,1-3H3,(H2,14,16)(H,15,18). The van der Waals surface area contributed by atoms with Crippen LogP contribution in [-0.2, 0) is 6.54 Å². The van der Waals surface area contributed by atoms with Crippen LogP contribution in [0.1, 0.15) is 29.1 Å². The zero-order valence-electron chi connectivity index (χ0n) is 11.7. The third-order valence-corrected chi connectivity index (χ3v) is 4.50. The van der Waals surface area contributed by atoms with Crippen molar-refractivity contribution in [1.29, 1.82) is 0 Å². The van der Waals surface area contributed by atoms with Gasteiger partial charge in [0.1, 0.15) is 10.6 Å². The topological polar surface area (TPSA) is 71.2 Å². The molecule has 0 bridgehead atoms. The monoisotopic (exact) mass is 310 g/mol. The number of nitrogens with zero attached hydrogens (tertiary/aromatic N) is 2. The van der Waals surface area contributed by atoms with Crippen molar-refractivity contribution in [3.05, 3.63) is 28.0 Å². The SMILES string of the molecule is CC(C)NC(=O)c1c(N)nsc1N(C)Cc1cccs1. The fourth-order valence-corrected chi connectivity index (χ4v) is 3.34. The lowest BCUT2D eigenvalue weighted by molar-refractivity contribution is 0.0945. The number of carbonyl (C=O) groups excluding carboxylic acids is 1. The summed E-state index contributed by atoms with van der Waals surface area (Å²) in [5, 5.41) is 5.70. The average Bonchev–Trinajstić information content (AvgIpc) is 2.97. The second kappa shape index (κ2) is 6.23. The molecular formula is C13H18N4OS2. The van der Waals surface area contributed by atoms with Gasteiger partial charge in [0.15, 0.2) is 5.82 Å². The molecule has 0 aliphatic carbocycles. The van der Waals surface area contributed by atoms with Crippen LogP contribution in [0.5, 0.6) is 0 Å². The molecule has 0 unspecified atom stereocenters. The summed E-state index contributed by atoms with van der Waals surface area (Å²) in [7, 11) is 1.94. The summed E-state index contributed by atoms with van der Waals surface area (Å²) in [4.78, 5) is 15.5. The summed E-state index contributed by atoms with van der Waals surface area (Å²) in [5.41, 5.74) is 6.32. The smallest absolute Gasteiger partial charge is 0.258 e. The van der Waals surface area contributed by atoms with Crippen molar-refractivity contribution in [2.75, 3.05) is 17.7 Å². The molecule has 0 aromatic carbocycles. The third kappa shape index (κ3) is 3.29. The van der Waals surface area contributed by atoms with E-state index in [-0.39, 0.29) is 11.9 Å². The predicted octanol–water partition coefficient (Wildman–Crippen LogP) is 2.56. The van der Waals surface area contributed by atoms with Crippen molar-refractivity contribution >= 4 is 39.6 Å². The number of carbonyl (C=O) groups is 1. The molecule has 1 amide bonds. The van der Waals surface area contributed by atoms with Crippen LogP contribution in [-0.4, -0.2) is 23.4 Å². The molecule has 2 aromatic heterocycles. The normalized spacial score (nSPS) is 10.8. The molecule has 2 aromatic rings. The highest BCUT2D eigenvalue weighted by Gasteiger charge is 2.22. The van der Waals surface area contributed by atoms with Gasteiger partial charge in [-0.2, -0.15) is 4.37 Å². The third-order valence-electron chi connectivity index (χ3n) is 2.67. The molecule has 108 valence electrons. The van der Waals surface area contributed by atoms with Gasteiger partial charge in [-0.1, -0.05) is 6.07 Å². The Kier molecular flexibility index (Phi) is 4.61. The van der Waals surface area contributed by atoms with E-state index in [1.165, 1.54) is 16.4 Å². The van der Waals surface area contributed by atoms with Crippen molar-refractivity contribution in [2.45, 2.75) is 26.4 Å². The second-order valence-electron chi connectivity index (χ2n) is 4.81. The van der Waals surface area contributed by atoms with Crippen molar-refractivity contribution in [3.8, 4) is 0 Å². The first-order chi connectivity index (χ1) is 9.49. The number of thiophene rings is 1. The van der Waals surface area contributed by atoms with Crippen molar-refractivity contribution in [3.63, 3.8) is 0 Å². The summed E-state index contributed by atoms with van der Waals surface area (Å²) in [6.07, 6.45) is 0. The zero-order chi connectivity index (χ0) is 14.7. The van der Waals surface area contributed by atoms with Crippen molar-refractivity contribution in [2.24, 2.45) is 0 Å². The molecule has 3 N–H and O–H groups in total. The van der Waals surface area contributed by atoms with E-state index in [0.717, 1.165) is 11.5 Å². The Morgan fingerprint density at radius 1 is 1.55 bits per heavy atom. The molecule has 0 aliphatic rings. The molecule has 0 saturated carbocycles. The van der Waals surface area contributed by atoms with E-state index >= 15 is 0 Å². The number of amides is 1. The quantitative estimate of drug-likeness (QED) is 0.890. The maximum atomic E-state index is 12.2. The van der Waals surface area contributed by atoms with Gasteiger partial charge in [0.05, 0.1) is 6.54 Å². The van der Waals surface area contributed by atoms with Crippen LogP contribution in [0.2, 0.25) is 0 Å². The van der Waals surface area contributed by atoms with E-state index in [1.54, 1.807) is 11.3 Å². The van der Waals surface area contributed by atoms with Gasteiger partial charge in [-0.25, -0.2) is 0 Å². The number of hydrogen-bond donors (Lipinski definition) is 2. The van der Waals surface area contributed by atoms with Crippen LogP contribution < -0.4 is 16.0 Å². The Bertz CT molecular complexity index is 577. The van der Waals surface area contributed by atoms with Gasteiger partial charge >= 0.3 is 0 Å². The van der Waals surface area contributed by atoms with Crippen molar-refractivity contribution in [1.82, 2.24) is 9.69 Å². The first-order valence-electron chi connectivity index (χ1n) is 6.28. The minimum absolute atomic E-state index is 0.0669. The van der Waals surface area contributed by atoms with Gasteiger partial charge in [0.2, 0.25) is 0 Å². The van der Waals surface area contributed by atoms with Gasteiger partial charge in [0, 0.05) is 18.0 Å². The summed E-state index contributed by atoms with van der Waals surface area (Å²) in [6, 6.07) is 4.15. The van der Waals surface area contributed by atoms with Gasteiger partial charge in [0.25, 0.3) is 5.91 Å². The van der Waals surface area contributed by atoms with Crippen LogP contribution >= 0.6 is 22.9 Å². The van der Waals surface area contributed by atoms with Crippen LogP contribution in [0.15, 0.2) is 17.5 Å². The number of aromatic nitrogens is 1. The fourth-order valence-electron chi connectivity index (χ4n) is 1.81. The lowest BCUT2D eigenvalue weighted by Crippen LogP contribution is -2.31. The van der Waals surface area contributed by atoms with E-state index in [0.29, 0.717) is 11.4 Å². The maximum Gasteiger partial charge on any atom is 0.258 e. The maximum absolute atomic E-state index is 12.2. The van der Waals surface area contributed by atoms with Gasteiger partial charge in [-0.05, 0) is 36.8 Å². The molecule has 0 atom stereocenters. The van der Waals surface area contributed by atoms with E-state index < -0.39 is 0 Å². The Morgan fingerprint density at radius 3 is 2.90 bits per heavy atom. The summed E-state index contributed by atoms with van der Waals surface area (Å²) in [5.74, 6) is 0.125. The minimum atomic E-state index is -0.167. The highest BCUT2D eigenvalue weighted by atomic mass is 32.1. The number of nitrogen functional groups attached to an aromatic ring is 1. The number of nitrogens with two attached hydrogens (primary N) is 1. The molecule has 2 rings (SSSR count). The highest BCUT2D eigenvalue weighted by molar-refractivity contribution is 7.11. The highest BCUT2D eigenvalue weighted by Crippen LogP contribution is 2.31. The van der Waals surface area contributed by atoms with E-state index in [2.05, 4.69) is 15.8 Å². The molecule has 0 aliphatic heterocycles. The second-order valence-corrected chi connectivity index (χ2v) is 6.60. The zero-order valence-corrected chi connectivity index (χ0v) is 13.3. The molecule has 0 spiro atoms. The molecular weight excluding hydrogens is 292 g/mol. The molecule has 0 radical (unpaired) electrons. The molecule has 2 heterocycles. The summed E-state index contributed by atoms with van der Waals surface area (Å²) >= 11 is 2.94.